The Balaban J connectivity index is 0.00000280. The van der Waals surface area contributed by atoms with E-state index in [9.17, 15) is 4.79 Å². The largest absolute Gasteiger partial charge is 0.459 e. The number of rotatable bonds is 6. The van der Waals surface area contributed by atoms with E-state index in [1.165, 1.54) is 38.4 Å². The molecular weight excluding hydrogens is 467 g/mol. The first-order valence-electron chi connectivity index (χ1n) is 9.73. The van der Waals surface area contributed by atoms with Gasteiger partial charge in [0.2, 0.25) is 0 Å². The van der Waals surface area contributed by atoms with Crippen LogP contribution >= 0.6 is 24.0 Å². The predicted octanol–water partition coefficient (Wildman–Crippen LogP) is 4.54. The summed E-state index contributed by atoms with van der Waals surface area (Å²) in [5.41, 5.74) is 1.77. The number of aliphatic imine (C=N–C) groups is 1. The summed E-state index contributed by atoms with van der Waals surface area (Å²) in [6, 6.07) is 11.6. The SMILES string of the molecule is CCNC(=NCc1cccc(NC(=O)c2ccco2)c1)NC1CCCCC1.I. The highest BCUT2D eigenvalue weighted by atomic mass is 127. The van der Waals surface area contributed by atoms with Crippen molar-refractivity contribution in [1.29, 1.82) is 0 Å². The Labute approximate surface area is 183 Å². The van der Waals surface area contributed by atoms with Crippen LogP contribution in [0.3, 0.4) is 0 Å². The lowest BCUT2D eigenvalue weighted by Crippen LogP contribution is -2.44. The molecule has 0 aliphatic heterocycles. The molecule has 0 spiro atoms. The fourth-order valence-electron chi connectivity index (χ4n) is 3.28. The van der Waals surface area contributed by atoms with Gasteiger partial charge in [0, 0.05) is 18.3 Å². The summed E-state index contributed by atoms with van der Waals surface area (Å²) in [5, 5.41) is 9.72. The first-order valence-corrected chi connectivity index (χ1v) is 9.73. The summed E-state index contributed by atoms with van der Waals surface area (Å²) in [7, 11) is 0. The summed E-state index contributed by atoms with van der Waals surface area (Å²) >= 11 is 0. The average Bonchev–Trinajstić information content (AvgIpc) is 3.22. The van der Waals surface area contributed by atoms with E-state index in [-0.39, 0.29) is 29.9 Å². The third kappa shape index (κ3) is 6.85. The van der Waals surface area contributed by atoms with Gasteiger partial charge >= 0.3 is 0 Å². The number of guanidine groups is 1. The van der Waals surface area contributed by atoms with E-state index < -0.39 is 0 Å². The Bertz CT molecular complexity index is 756. The molecule has 1 heterocycles. The van der Waals surface area contributed by atoms with Gasteiger partial charge in [0.1, 0.15) is 0 Å². The van der Waals surface area contributed by atoms with Crippen molar-refractivity contribution < 1.29 is 9.21 Å². The second-order valence-electron chi connectivity index (χ2n) is 6.81. The third-order valence-corrected chi connectivity index (χ3v) is 4.64. The van der Waals surface area contributed by atoms with Gasteiger partial charge in [-0.2, -0.15) is 0 Å². The molecule has 3 rings (SSSR count). The number of anilines is 1. The molecule has 1 saturated carbocycles. The van der Waals surface area contributed by atoms with Crippen molar-refractivity contribution in [2.75, 3.05) is 11.9 Å². The molecular formula is C21H29IN4O2. The van der Waals surface area contributed by atoms with E-state index in [1.807, 2.05) is 24.3 Å². The lowest BCUT2D eigenvalue weighted by Gasteiger charge is -2.24. The van der Waals surface area contributed by atoms with Crippen LogP contribution in [0, 0.1) is 0 Å². The Hall–Kier alpha value is -2.03. The van der Waals surface area contributed by atoms with Gasteiger partial charge in [-0.1, -0.05) is 31.4 Å². The van der Waals surface area contributed by atoms with Crippen LogP contribution in [-0.2, 0) is 6.54 Å². The molecule has 1 aliphatic rings. The first-order chi connectivity index (χ1) is 13.2. The Morgan fingerprint density at radius 2 is 2.00 bits per heavy atom. The van der Waals surface area contributed by atoms with Gasteiger partial charge in [0.25, 0.3) is 5.91 Å². The molecule has 6 nitrogen and oxygen atoms in total. The lowest BCUT2D eigenvalue weighted by atomic mass is 9.96. The fourth-order valence-corrected chi connectivity index (χ4v) is 3.28. The molecule has 0 saturated heterocycles. The van der Waals surface area contributed by atoms with E-state index in [0.29, 0.717) is 18.3 Å². The van der Waals surface area contributed by atoms with Crippen LogP contribution in [0.2, 0.25) is 0 Å². The van der Waals surface area contributed by atoms with Crippen LogP contribution < -0.4 is 16.0 Å². The second-order valence-corrected chi connectivity index (χ2v) is 6.81. The topological polar surface area (TPSA) is 78.7 Å². The molecule has 1 aromatic heterocycles. The number of nitrogens with one attached hydrogen (secondary N) is 3. The molecule has 1 aromatic carbocycles. The summed E-state index contributed by atoms with van der Waals surface area (Å²) in [6.07, 6.45) is 7.81. The van der Waals surface area contributed by atoms with Gasteiger partial charge in [-0.15, -0.1) is 24.0 Å². The molecule has 0 bridgehead atoms. The normalized spacial score (nSPS) is 14.8. The van der Waals surface area contributed by atoms with Crippen molar-refractivity contribution in [3.8, 4) is 0 Å². The first kappa shape index (κ1) is 22.3. The van der Waals surface area contributed by atoms with E-state index in [2.05, 4.69) is 22.9 Å². The van der Waals surface area contributed by atoms with Crippen LogP contribution in [0.1, 0.15) is 55.1 Å². The van der Waals surface area contributed by atoms with Crippen molar-refractivity contribution in [2.45, 2.75) is 51.6 Å². The van der Waals surface area contributed by atoms with Crippen molar-refractivity contribution in [1.82, 2.24) is 10.6 Å². The number of amides is 1. The Morgan fingerprint density at radius 1 is 1.18 bits per heavy atom. The molecule has 0 unspecified atom stereocenters. The molecule has 3 N–H and O–H groups in total. The van der Waals surface area contributed by atoms with Crippen LogP contribution in [0.15, 0.2) is 52.1 Å². The highest BCUT2D eigenvalue weighted by Gasteiger charge is 2.14. The Morgan fingerprint density at radius 3 is 2.71 bits per heavy atom. The highest BCUT2D eigenvalue weighted by Crippen LogP contribution is 2.17. The van der Waals surface area contributed by atoms with Crippen LogP contribution in [-0.4, -0.2) is 24.5 Å². The molecule has 1 amide bonds. The van der Waals surface area contributed by atoms with E-state index in [4.69, 9.17) is 9.41 Å². The minimum Gasteiger partial charge on any atom is -0.459 e. The van der Waals surface area contributed by atoms with E-state index in [0.717, 1.165) is 23.8 Å². The lowest BCUT2D eigenvalue weighted by molar-refractivity contribution is 0.0996. The van der Waals surface area contributed by atoms with Gasteiger partial charge < -0.3 is 20.4 Å². The van der Waals surface area contributed by atoms with Crippen molar-refractivity contribution in [3.05, 3.63) is 54.0 Å². The summed E-state index contributed by atoms with van der Waals surface area (Å²) in [6.45, 7) is 3.45. The average molecular weight is 496 g/mol. The van der Waals surface area contributed by atoms with Gasteiger partial charge in [0.15, 0.2) is 11.7 Å². The van der Waals surface area contributed by atoms with Crippen LogP contribution in [0.5, 0.6) is 0 Å². The monoisotopic (exact) mass is 496 g/mol. The smallest absolute Gasteiger partial charge is 0.291 e. The number of carbonyl (C=O) groups excluding carboxylic acids is 1. The zero-order chi connectivity index (χ0) is 18.9. The summed E-state index contributed by atoms with van der Waals surface area (Å²) < 4.78 is 5.13. The number of hydrogen-bond donors (Lipinski definition) is 3. The fraction of sp³-hybridized carbons (Fsp3) is 0.429. The van der Waals surface area contributed by atoms with Gasteiger partial charge in [0.05, 0.1) is 12.8 Å². The number of benzene rings is 1. The number of carbonyl (C=O) groups is 1. The molecule has 1 aliphatic carbocycles. The zero-order valence-electron chi connectivity index (χ0n) is 16.2. The van der Waals surface area contributed by atoms with Gasteiger partial charge in [-0.05, 0) is 49.6 Å². The summed E-state index contributed by atoms with van der Waals surface area (Å²) in [5.74, 6) is 0.895. The molecule has 2 aromatic rings. The van der Waals surface area contributed by atoms with Crippen LogP contribution in [0.4, 0.5) is 5.69 Å². The maximum atomic E-state index is 12.1. The minimum absolute atomic E-state index is 0. The molecule has 0 atom stereocenters. The number of furan rings is 1. The minimum atomic E-state index is -0.257. The van der Waals surface area contributed by atoms with Gasteiger partial charge in [-0.25, -0.2) is 4.99 Å². The standard InChI is InChI=1S/C21H28N4O2.HI/c1-2-22-21(25-17-9-4-3-5-10-17)23-15-16-8-6-11-18(14-16)24-20(26)19-12-7-13-27-19;/h6-8,11-14,17H,2-5,9-10,15H2,1H3,(H,24,26)(H2,22,23,25);1H. The molecule has 1 fully saturated rings. The van der Waals surface area contributed by atoms with E-state index in [1.54, 1.807) is 12.1 Å². The second kappa shape index (κ2) is 11.7. The predicted molar refractivity (Wildman–Crippen MR) is 123 cm³/mol. The maximum absolute atomic E-state index is 12.1. The van der Waals surface area contributed by atoms with Crippen LogP contribution in [0.25, 0.3) is 0 Å². The summed E-state index contributed by atoms with van der Waals surface area (Å²) in [4.78, 5) is 16.8. The number of halogens is 1. The number of nitrogens with zero attached hydrogens (tertiary/aromatic N) is 1. The van der Waals surface area contributed by atoms with Crippen molar-refractivity contribution >= 4 is 41.5 Å². The maximum Gasteiger partial charge on any atom is 0.291 e. The quantitative estimate of drug-likeness (QED) is 0.312. The molecule has 7 heteroatoms. The third-order valence-electron chi connectivity index (χ3n) is 4.64. The number of hydrogen-bond acceptors (Lipinski definition) is 3. The highest BCUT2D eigenvalue weighted by molar-refractivity contribution is 14.0. The Kier molecular flexibility index (Phi) is 9.33. The zero-order valence-corrected chi connectivity index (χ0v) is 18.6. The van der Waals surface area contributed by atoms with Crippen molar-refractivity contribution in [2.24, 2.45) is 4.99 Å². The molecule has 152 valence electrons. The molecule has 28 heavy (non-hydrogen) atoms. The van der Waals surface area contributed by atoms with E-state index >= 15 is 0 Å². The van der Waals surface area contributed by atoms with Crippen molar-refractivity contribution in [3.63, 3.8) is 0 Å². The molecule has 0 radical (unpaired) electrons. The van der Waals surface area contributed by atoms with Gasteiger partial charge in [-0.3, -0.25) is 4.79 Å².